The van der Waals surface area contributed by atoms with Gasteiger partial charge in [-0.05, 0) is 5.56 Å². The molecule has 0 aliphatic carbocycles. The smallest absolute Gasteiger partial charge is 0.342 e. The summed E-state index contributed by atoms with van der Waals surface area (Å²) >= 11 is 4.12. The lowest BCUT2D eigenvalue weighted by Crippen LogP contribution is -2.68. The molecular weight excluding hydrogens is 500 g/mol. The number of nitrogens with two attached hydrogens (primary N) is 1. The molecule has 1 aromatic rings. The number of aliphatic carboxylic acids is 1. The number of hydrogen-bond acceptors (Lipinski definition) is 9. The van der Waals surface area contributed by atoms with Gasteiger partial charge in [-0.25, -0.2) is 14.6 Å². The molecule has 4 aliphatic rings. The molecular formula is C20H22N6O5S3. The fraction of sp³-hybridized carbons (Fsp3) is 0.450. The fourth-order valence-corrected chi connectivity index (χ4v) is 8.07. The molecule has 1 unspecified atom stereocenters. The minimum atomic E-state index is -1.65. The van der Waals surface area contributed by atoms with E-state index in [9.17, 15) is 24.3 Å². The number of amides is 4. The third kappa shape index (κ3) is 3.82. The van der Waals surface area contributed by atoms with Crippen molar-refractivity contribution in [2.24, 2.45) is 10.8 Å². The molecule has 4 heterocycles. The van der Waals surface area contributed by atoms with Crippen LogP contribution < -0.4 is 11.1 Å². The molecule has 34 heavy (non-hydrogen) atoms. The van der Waals surface area contributed by atoms with Crippen molar-refractivity contribution in [2.45, 2.75) is 22.3 Å². The molecule has 0 spiro atoms. The summed E-state index contributed by atoms with van der Waals surface area (Å²) in [5, 5.41) is 17.9. The predicted octanol–water partition coefficient (Wildman–Crippen LogP) is 0.356. The third-order valence-corrected chi connectivity index (χ3v) is 10.2. The van der Waals surface area contributed by atoms with Gasteiger partial charge in [0.25, 0.3) is 0 Å². The lowest BCUT2D eigenvalue weighted by atomic mass is 10.0. The zero-order valence-electron chi connectivity index (χ0n) is 17.8. The van der Waals surface area contributed by atoms with Crippen LogP contribution in [0.25, 0.3) is 0 Å². The van der Waals surface area contributed by atoms with E-state index >= 15 is 0 Å². The van der Waals surface area contributed by atoms with Gasteiger partial charge in [-0.2, -0.15) is 5.10 Å². The average molecular weight is 523 g/mol. The predicted molar refractivity (Wildman–Crippen MR) is 130 cm³/mol. The molecule has 4 fully saturated rings. The first-order valence-corrected chi connectivity index (χ1v) is 13.4. The molecule has 1 aromatic carbocycles. The first-order valence-electron chi connectivity index (χ1n) is 10.6. The van der Waals surface area contributed by atoms with Crippen LogP contribution in [0.4, 0.5) is 4.79 Å². The molecule has 4 N–H and O–H groups in total. The standard InChI is InChI=1S/C20H22N6O5S3/c21-12(11-4-2-1-3-5-11)14(27)22-13-15(28)24-10-20(17(29)30,34-16(13)24)25-6-7-26(19(25)31)23-18-32-8-9-33-18/h1-5,12-13,16H,6-10,21H2,(H,22,27)(H,29,30)/t12?,13-,16-,20-/m1/s1. The number of hydrazone groups is 1. The number of urea groups is 1. The third-order valence-electron chi connectivity index (χ3n) is 6.07. The highest BCUT2D eigenvalue weighted by molar-refractivity contribution is 8.41. The molecule has 4 saturated heterocycles. The number of carbonyl (C=O) groups excluding carboxylic acids is 3. The molecule has 4 atom stereocenters. The molecule has 180 valence electrons. The summed E-state index contributed by atoms with van der Waals surface area (Å²) in [5.41, 5.74) is 6.64. The molecule has 5 rings (SSSR count). The second kappa shape index (κ2) is 8.98. The monoisotopic (exact) mass is 522 g/mol. The maximum absolute atomic E-state index is 13.1. The second-order valence-electron chi connectivity index (χ2n) is 8.06. The number of benzene rings is 1. The van der Waals surface area contributed by atoms with Crippen molar-refractivity contribution in [3.63, 3.8) is 0 Å². The Balaban J connectivity index is 1.30. The van der Waals surface area contributed by atoms with Crippen LogP contribution in [0, 0.1) is 0 Å². The summed E-state index contributed by atoms with van der Waals surface area (Å²) in [7, 11) is 0. The van der Waals surface area contributed by atoms with Gasteiger partial charge in [0, 0.05) is 18.1 Å². The van der Waals surface area contributed by atoms with Gasteiger partial charge in [-0.3, -0.25) is 14.5 Å². The summed E-state index contributed by atoms with van der Waals surface area (Å²) in [6.07, 6.45) is 0. The highest BCUT2D eigenvalue weighted by atomic mass is 32.2. The van der Waals surface area contributed by atoms with E-state index in [1.165, 1.54) is 14.8 Å². The van der Waals surface area contributed by atoms with E-state index in [1.54, 1.807) is 53.9 Å². The summed E-state index contributed by atoms with van der Waals surface area (Å²) in [6, 6.07) is 6.39. The van der Waals surface area contributed by atoms with Crippen molar-refractivity contribution >= 4 is 63.5 Å². The van der Waals surface area contributed by atoms with Crippen LogP contribution in [0.5, 0.6) is 0 Å². The Hall–Kier alpha value is -2.42. The number of carboxylic acid groups (broad SMARTS) is 1. The lowest BCUT2D eigenvalue weighted by Gasteiger charge is -2.41. The van der Waals surface area contributed by atoms with Crippen LogP contribution >= 0.6 is 35.3 Å². The Kier molecular flexibility index (Phi) is 6.16. The molecule has 0 saturated carbocycles. The molecule has 0 bridgehead atoms. The summed E-state index contributed by atoms with van der Waals surface area (Å²) in [6.45, 7) is 0.284. The minimum absolute atomic E-state index is 0.159. The number of carboxylic acids is 1. The highest BCUT2D eigenvalue weighted by Crippen LogP contribution is 2.49. The number of carbonyl (C=O) groups is 4. The first kappa shape index (κ1) is 23.3. The fourth-order valence-electron chi connectivity index (χ4n) is 4.27. The lowest BCUT2D eigenvalue weighted by molar-refractivity contribution is -0.151. The zero-order valence-corrected chi connectivity index (χ0v) is 20.3. The first-order chi connectivity index (χ1) is 16.3. The Morgan fingerprint density at radius 2 is 1.88 bits per heavy atom. The van der Waals surface area contributed by atoms with Gasteiger partial charge >= 0.3 is 12.0 Å². The Morgan fingerprint density at radius 3 is 2.56 bits per heavy atom. The van der Waals surface area contributed by atoms with E-state index in [1.807, 2.05) is 0 Å². The molecule has 14 heteroatoms. The van der Waals surface area contributed by atoms with Crippen LogP contribution in [0.2, 0.25) is 0 Å². The quantitative estimate of drug-likeness (QED) is 0.450. The number of rotatable bonds is 6. The minimum Gasteiger partial charge on any atom is -0.479 e. The van der Waals surface area contributed by atoms with Crippen LogP contribution in [-0.4, -0.2) is 95.5 Å². The van der Waals surface area contributed by atoms with Crippen LogP contribution in [-0.2, 0) is 14.4 Å². The number of nitrogens with one attached hydrogen (secondary N) is 1. The Bertz CT molecular complexity index is 1070. The number of fused-ring (bicyclic) bond motifs is 1. The summed E-state index contributed by atoms with van der Waals surface area (Å²) < 4.78 is 0.787. The number of hydrogen-bond donors (Lipinski definition) is 3. The van der Waals surface area contributed by atoms with Gasteiger partial charge in [0.2, 0.25) is 16.7 Å². The topological polar surface area (TPSA) is 149 Å². The highest BCUT2D eigenvalue weighted by Gasteiger charge is 2.66. The van der Waals surface area contributed by atoms with Gasteiger partial charge in [0.1, 0.15) is 17.5 Å². The van der Waals surface area contributed by atoms with Gasteiger partial charge in [-0.1, -0.05) is 65.6 Å². The average Bonchev–Trinajstić information content (AvgIpc) is 3.57. The zero-order chi connectivity index (χ0) is 24.0. The van der Waals surface area contributed by atoms with Gasteiger partial charge in [0.05, 0.1) is 13.1 Å². The van der Waals surface area contributed by atoms with Gasteiger partial charge < -0.3 is 21.1 Å². The summed E-state index contributed by atoms with van der Waals surface area (Å²) in [5.74, 6) is -0.285. The van der Waals surface area contributed by atoms with Crippen molar-refractivity contribution in [3.8, 4) is 0 Å². The summed E-state index contributed by atoms with van der Waals surface area (Å²) in [4.78, 5) is 51.9. The van der Waals surface area contributed by atoms with E-state index in [2.05, 4.69) is 10.4 Å². The van der Waals surface area contributed by atoms with Crippen LogP contribution in [0.1, 0.15) is 11.6 Å². The van der Waals surface area contributed by atoms with Crippen LogP contribution in [0.3, 0.4) is 0 Å². The number of β-lactam (4-membered cyclic amide) rings is 1. The van der Waals surface area contributed by atoms with E-state index < -0.39 is 46.1 Å². The normalized spacial score (nSPS) is 29.2. The van der Waals surface area contributed by atoms with Gasteiger partial charge in [-0.15, -0.1) is 0 Å². The van der Waals surface area contributed by atoms with Crippen molar-refractivity contribution in [2.75, 3.05) is 31.1 Å². The SMILES string of the molecule is NC(C(=O)N[C@@H]1C(=O)N2C[C@@](C(=O)O)(N3CCN(N=C4SCCS4)C3=O)S[C@H]12)c1ccccc1. The van der Waals surface area contributed by atoms with Crippen LogP contribution in [0.15, 0.2) is 35.4 Å². The molecule has 11 nitrogen and oxygen atoms in total. The largest absolute Gasteiger partial charge is 0.479 e. The molecule has 4 amide bonds. The second-order valence-corrected chi connectivity index (χ2v) is 11.9. The molecule has 0 aromatic heterocycles. The van der Waals surface area contributed by atoms with E-state index in [0.29, 0.717) is 5.56 Å². The Labute approximate surface area is 207 Å². The van der Waals surface area contributed by atoms with Gasteiger partial charge in [0.15, 0.2) is 4.38 Å². The number of nitrogens with zero attached hydrogens (tertiary/aromatic N) is 4. The van der Waals surface area contributed by atoms with Crippen molar-refractivity contribution in [1.29, 1.82) is 0 Å². The van der Waals surface area contributed by atoms with E-state index in [-0.39, 0.29) is 19.6 Å². The number of thioether (sulfide) groups is 3. The van der Waals surface area contributed by atoms with Crippen molar-refractivity contribution < 1.29 is 24.3 Å². The van der Waals surface area contributed by atoms with Crippen molar-refractivity contribution in [3.05, 3.63) is 35.9 Å². The maximum Gasteiger partial charge on any atom is 0.342 e. The molecule has 0 radical (unpaired) electrons. The van der Waals surface area contributed by atoms with E-state index in [4.69, 9.17) is 5.73 Å². The van der Waals surface area contributed by atoms with E-state index in [0.717, 1.165) is 27.6 Å². The van der Waals surface area contributed by atoms with Crippen molar-refractivity contribution in [1.82, 2.24) is 20.1 Å². The Morgan fingerprint density at radius 1 is 1.18 bits per heavy atom. The molecule has 4 aliphatic heterocycles. The maximum atomic E-state index is 13.1.